The summed E-state index contributed by atoms with van der Waals surface area (Å²) < 4.78 is 1.02. The lowest BCUT2D eigenvalue weighted by molar-refractivity contribution is 0.0955. The van der Waals surface area contributed by atoms with Crippen molar-refractivity contribution in [3.63, 3.8) is 0 Å². The summed E-state index contributed by atoms with van der Waals surface area (Å²) in [5.41, 5.74) is 3.33. The first-order chi connectivity index (χ1) is 10.4. The molecule has 0 aliphatic carbocycles. The van der Waals surface area contributed by atoms with Gasteiger partial charge in [0, 0.05) is 5.02 Å². The van der Waals surface area contributed by atoms with Gasteiger partial charge in [0.25, 0.3) is 5.91 Å². The Balaban J connectivity index is 2.10. The average Bonchev–Trinajstić information content (AvgIpc) is 2.44. The highest BCUT2D eigenvalue weighted by Gasteiger charge is 2.10. The summed E-state index contributed by atoms with van der Waals surface area (Å²) in [7, 11) is 0. The molecule has 0 heterocycles. The highest BCUT2D eigenvalue weighted by atomic mass is 79.9. The number of carbonyl (C=O) groups is 1. The van der Waals surface area contributed by atoms with E-state index in [2.05, 4.69) is 42.4 Å². The smallest absolute Gasteiger partial charge is 0.272 e. The van der Waals surface area contributed by atoms with Gasteiger partial charge in [0.1, 0.15) is 5.75 Å². The van der Waals surface area contributed by atoms with Gasteiger partial charge in [0.05, 0.1) is 25.7 Å². The first-order valence-corrected chi connectivity index (χ1v) is 8.19. The maximum atomic E-state index is 11.9. The van der Waals surface area contributed by atoms with E-state index < -0.39 is 5.91 Å². The molecule has 0 atom stereocenters. The zero-order valence-corrected chi connectivity index (χ0v) is 15.5. The van der Waals surface area contributed by atoms with E-state index in [-0.39, 0.29) is 16.3 Å². The molecule has 0 aliphatic heterocycles. The monoisotopic (exact) mass is 464 g/mol. The summed E-state index contributed by atoms with van der Waals surface area (Å²) >= 11 is 18.1. The highest BCUT2D eigenvalue weighted by molar-refractivity contribution is 9.11. The van der Waals surface area contributed by atoms with Crippen molar-refractivity contribution in [3.05, 3.63) is 60.4 Å². The van der Waals surface area contributed by atoms with Gasteiger partial charge in [-0.1, -0.05) is 23.2 Å². The molecule has 114 valence electrons. The molecular formula is C14H8Br2Cl2N2O2. The van der Waals surface area contributed by atoms with Gasteiger partial charge in [-0.15, -0.1) is 0 Å². The Morgan fingerprint density at radius 3 is 2.41 bits per heavy atom. The van der Waals surface area contributed by atoms with Gasteiger partial charge in [-0.2, -0.15) is 5.10 Å². The molecule has 2 aromatic carbocycles. The van der Waals surface area contributed by atoms with Gasteiger partial charge in [-0.3, -0.25) is 4.79 Å². The molecule has 0 unspecified atom stereocenters. The molecule has 0 bridgehead atoms. The second-order valence-corrected chi connectivity index (χ2v) is 6.71. The maximum absolute atomic E-state index is 11.9. The van der Waals surface area contributed by atoms with Gasteiger partial charge in [0.15, 0.2) is 0 Å². The number of hydrazone groups is 1. The Labute approximate surface area is 153 Å². The van der Waals surface area contributed by atoms with E-state index in [1.807, 2.05) is 0 Å². The van der Waals surface area contributed by atoms with Crippen molar-refractivity contribution in [2.75, 3.05) is 0 Å². The number of halogens is 4. The Hall–Kier alpha value is -1.08. The van der Waals surface area contributed by atoms with E-state index in [1.165, 1.54) is 18.3 Å². The number of nitrogens with zero attached hydrogens (tertiary/aromatic N) is 1. The number of phenolic OH excluding ortho intramolecular Hbond substituents is 1. The Bertz CT molecular complexity index is 743. The molecule has 0 spiro atoms. The number of hydrogen-bond acceptors (Lipinski definition) is 3. The van der Waals surface area contributed by atoms with E-state index in [1.54, 1.807) is 18.2 Å². The van der Waals surface area contributed by atoms with Crippen molar-refractivity contribution in [1.29, 1.82) is 0 Å². The van der Waals surface area contributed by atoms with Crippen LogP contribution >= 0.6 is 55.1 Å². The van der Waals surface area contributed by atoms with Gasteiger partial charge in [-0.05, 0) is 67.8 Å². The molecule has 0 saturated carbocycles. The summed E-state index contributed by atoms with van der Waals surface area (Å²) in [5.74, 6) is -0.357. The number of hydrogen-bond donors (Lipinski definition) is 2. The number of carbonyl (C=O) groups excluding carboxylic acids is 1. The number of nitrogens with one attached hydrogen (secondary N) is 1. The third-order valence-electron chi connectivity index (χ3n) is 2.59. The van der Waals surface area contributed by atoms with Crippen molar-refractivity contribution >= 4 is 67.2 Å². The highest BCUT2D eigenvalue weighted by Crippen LogP contribution is 2.32. The van der Waals surface area contributed by atoms with E-state index in [9.17, 15) is 9.90 Å². The van der Waals surface area contributed by atoms with Crippen LogP contribution in [0.15, 0.2) is 44.4 Å². The molecular weight excluding hydrogens is 459 g/mol. The van der Waals surface area contributed by atoms with E-state index in [0.717, 1.165) is 0 Å². The lowest BCUT2D eigenvalue weighted by Gasteiger charge is -2.04. The molecule has 0 aromatic heterocycles. The minimum absolute atomic E-state index is 0.0918. The van der Waals surface area contributed by atoms with E-state index in [4.69, 9.17) is 23.2 Å². The summed E-state index contributed by atoms with van der Waals surface area (Å²) in [6.07, 6.45) is 1.44. The molecule has 0 saturated heterocycles. The quantitative estimate of drug-likeness (QED) is 0.494. The van der Waals surface area contributed by atoms with E-state index in [0.29, 0.717) is 19.5 Å². The number of phenols is 1. The second kappa shape index (κ2) is 7.46. The van der Waals surface area contributed by atoms with Crippen molar-refractivity contribution < 1.29 is 9.90 Å². The third kappa shape index (κ3) is 4.23. The first kappa shape index (κ1) is 17.3. The topological polar surface area (TPSA) is 61.7 Å². The number of benzene rings is 2. The molecule has 22 heavy (non-hydrogen) atoms. The minimum Gasteiger partial charge on any atom is -0.506 e. The standard InChI is InChI=1S/C14H8Br2Cl2N2O2/c15-10-3-7(4-11(16)13(10)21)6-19-20-14(22)9-2-1-8(17)5-12(9)18/h1-6,21H,(H,20,22)/b19-6-. The molecule has 2 rings (SSSR count). The largest absolute Gasteiger partial charge is 0.506 e. The van der Waals surface area contributed by atoms with Crippen LogP contribution in [-0.4, -0.2) is 17.2 Å². The molecule has 0 radical (unpaired) electrons. The third-order valence-corrected chi connectivity index (χ3v) is 4.35. The van der Waals surface area contributed by atoms with Crippen LogP contribution in [0.2, 0.25) is 10.0 Å². The first-order valence-electron chi connectivity index (χ1n) is 5.85. The summed E-state index contributed by atoms with van der Waals surface area (Å²) in [6, 6.07) is 7.88. The van der Waals surface area contributed by atoms with Crippen LogP contribution in [0.4, 0.5) is 0 Å². The lowest BCUT2D eigenvalue weighted by atomic mass is 10.2. The zero-order valence-electron chi connectivity index (χ0n) is 10.8. The van der Waals surface area contributed by atoms with Crippen LogP contribution < -0.4 is 5.43 Å². The van der Waals surface area contributed by atoms with Crippen molar-refractivity contribution in [3.8, 4) is 5.75 Å². The molecule has 0 fully saturated rings. The van der Waals surface area contributed by atoms with Gasteiger partial charge in [0.2, 0.25) is 0 Å². The summed E-state index contributed by atoms with van der Waals surface area (Å²) in [5, 5.41) is 14.2. The SMILES string of the molecule is O=C(N/N=C\c1cc(Br)c(O)c(Br)c1)c1ccc(Cl)cc1Cl. The van der Waals surface area contributed by atoms with E-state index >= 15 is 0 Å². The number of amides is 1. The fraction of sp³-hybridized carbons (Fsp3) is 0. The molecule has 4 nitrogen and oxygen atoms in total. The molecule has 0 aliphatic rings. The Morgan fingerprint density at radius 2 is 1.82 bits per heavy atom. The van der Waals surface area contributed by atoms with Crippen LogP contribution in [0, 0.1) is 0 Å². The predicted octanol–water partition coefficient (Wildman–Crippen LogP) is 4.99. The van der Waals surface area contributed by atoms with Crippen molar-refractivity contribution in [2.24, 2.45) is 5.10 Å². The summed E-state index contributed by atoms with van der Waals surface area (Å²) in [4.78, 5) is 11.9. The maximum Gasteiger partial charge on any atom is 0.272 e. The second-order valence-electron chi connectivity index (χ2n) is 4.16. The van der Waals surface area contributed by atoms with Crippen LogP contribution in [0.5, 0.6) is 5.75 Å². The minimum atomic E-state index is -0.449. The molecule has 8 heteroatoms. The fourth-order valence-corrected chi connectivity index (χ4v) is 3.28. The normalized spacial score (nSPS) is 10.9. The molecule has 1 amide bonds. The summed E-state index contributed by atoms with van der Waals surface area (Å²) in [6.45, 7) is 0. The van der Waals surface area contributed by atoms with Gasteiger partial charge in [-0.25, -0.2) is 5.43 Å². The van der Waals surface area contributed by atoms with Crippen LogP contribution in [0.1, 0.15) is 15.9 Å². The predicted molar refractivity (Wildman–Crippen MR) is 95.0 cm³/mol. The Morgan fingerprint density at radius 1 is 1.18 bits per heavy atom. The van der Waals surface area contributed by atoms with Crippen molar-refractivity contribution in [2.45, 2.75) is 0 Å². The van der Waals surface area contributed by atoms with Gasteiger partial charge < -0.3 is 5.11 Å². The molecule has 2 aromatic rings. The Kier molecular flexibility index (Phi) is 5.86. The van der Waals surface area contributed by atoms with Crippen molar-refractivity contribution in [1.82, 2.24) is 5.43 Å². The van der Waals surface area contributed by atoms with Crippen LogP contribution in [0.25, 0.3) is 0 Å². The number of rotatable bonds is 3. The molecule has 2 N–H and O–H groups in total. The van der Waals surface area contributed by atoms with Gasteiger partial charge >= 0.3 is 0 Å². The fourth-order valence-electron chi connectivity index (χ4n) is 1.56. The average molecular weight is 467 g/mol. The lowest BCUT2D eigenvalue weighted by Crippen LogP contribution is -2.18. The van der Waals surface area contributed by atoms with Crippen LogP contribution in [-0.2, 0) is 0 Å². The zero-order chi connectivity index (χ0) is 16.3. The number of aromatic hydroxyl groups is 1. The van der Waals surface area contributed by atoms with Crippen LogP contribution in [0.3, 0.4) is 0 Å².